The second-order valence-electron chi connectivity index (χ2n) is 10.0. The highest BCUT2D eigenvalue weighted by Gasteiger charge is 2.35. The molecule has 3 aromatic rings. The number of benzene rings is 3. The van der Waals surface area contributed by atoms with Gasteiger partial charge in [0.1, 0.15) is 18.3 Å². The van der Waals surface area contributed by atoms with E-state index in [0.717, 1.165) is 26.2 Å². The monoisotopic (exact) mass is 580 g/mol. The van der Waals surface area contributed by atoms with Gasteiger partial charge < -0.3 is 15.0 Å². The molecule has 0 fully saturated rings. The van der Waals surface area contributed by atoms with Crippen LogP contribution in [0.15, 0.2) is 84.9 Å². The van der Waals surface area contributed by atoms with E-state index in [2.05, 4.69) is 5.32 Å². The van der Waals surface area contributed by atoms with Crippen LogP contribution in [0.25, 0.3) is 0 Å². The average Bonchev–Trinajstić information content (AvgIpc) is 2.98. The number of nitrogens with zero attached hydrogens (tertiary/aromatic N) is 3. The second kappa shape index (κ2) is 14.7. The molecular formula is C31H40N4O5S. The summed E-state index contributed by atoms with van der Waals surface area (Å²) in [5, 5.41) is 3.03. The Morgan fingerprint density at radius 2 is 1.51 bits per heavy atom. The summed E-state index contributed by atoms with van der Waals surface area (Å²) >= 11 is 0. The summed E-state index contributed by atoms with van der Waals surface area (Å²) in [5.41, 5.74) is 1.97. The number of carbonyl (C=O) groups excluding carboxylic acids is 2. The van der Waals surface area contributed by atoms with Crippen molar-refractivity contribution in [2.45, 2.75) is 45.3 Å². The maximum Gasteiger partial charge on any atom is 0.304 e. The summed E-state index contributed by atoms with van der Waals surface area (Å²) in [6.07, 6.45) is 0.973. The molecule has 220 valence electrons. The van der Waals surface area contributed by atoms with Gasteiger partial charge >= 0.3 is 10.2 Å². The number of hydrogen-bond donors (Lipinski definition) is 1. The van der Waals surface area contributed by atoms with Crippen LogP contribution in [0, 0.1) is 0 Å². The Hall–Kier alpha value is -3.89. The van der Waals surface area contributed by atoms with Crippen molar-refractivity contribution in [1.29, 1.82) is 0 Å². The minimum atomic E-state index is -4.03. The third kappa shape index (κ3) is 8.55. The zero-order valence-electron chi connectivity index (χ0n) is 24.4. The van der Waals surface area contributed by atoms with Crippen molar-refractivity contribution in [3.8, 4) is 5.75 Å². The highest BCUT2D eigenvalue weighted by Crippen LogP contribution is 2.22. The molecule has 0 bridgehead atoms. The standard InChI is InChI=1S/C31H40N4O5S/c1-6-24(2)32-31(37)29(21-25-14-9-7-10-15-25)34(22-26-16-13-19-28(20-26)40-5)30(36)23-35(41(38,39)33(3)4)27-17-11-8-12-18-27/h7-20,24,29H,6,21-23H2,1-5H3,(H,32,37)/t24-,29+/m0/s1. The van der Waals surface area contributed by atoms with E-state index in [0.29, 0.717) is 11.4 Å². The molecule has 9 nitrogen and oxygen atoms in total. The van der Waals surface area contributed by atoms with Gasteiger partial charge in [-0.3, -0.25) is 9.59 Å². The summed E-state index contributed by atoms with van der Waals surface area (Å²) < 4.78 is 34.3. The van der Waals surface area contributed by atoms with E-state index in [1.54, 1.807) is 49.6 Å². The van der Waals surface area contributed by atoms with Gasteiger partial charge in [-0.1, -0.05) is 67.6 Å². The molecule has 0 saturated carbocycles. The van der Waals surface area contributed by atoms with Crippen molar-refractivity contribution in [2.24, 2.45) is 0 Å². The number of methoxy groups -OCH3 is 1. The predicted molar refractivity (Wildman–Crippen MR) is 162 cm³/mol. The molecule has 0 heterocycles. The molecule has 41 heavy (non-hydrogen) atoms. The van der Waals surface area contributed by atoms with Crippen molar-refractivity contribution < 1.29 is 22.7 Å². The molecule has 10 heteroatoms. The number of carbonyl (C=O) groups is 2. The van der Waals surface area contributed by atoms with Gasteiger partial charge in [0.15, 0.2) is 0 Å². The maximum absolute atomic E-state index is 14.2. The van der Waals surface area contributed by atoms with Crippen LogP contribution in [0.5, 0.6) is 5.75 Å². The molecule has 0 radical (unpaired) electrons. The largest absolute Gasteiger partial charge is 0.497 e. The molecule has 0 aliphatic heterocycles. The zero-order valence-corrected chi connectivity index (χ0v) is 25.2. The van der Waals surface area contributed by atoms with Gasteiger partial charge in [0, 0.05) is 33.1 Å². The first kappa shape index (κ1) is 31.6. The van der Waals surface area contributed by atoms with Crippen LogP contribution in [0.4, 0.5) is 5.69 Å². The average molecular weight is 581 g/mol. The Labute approximate surface area is 243 Å². The summed E-state index contributed by atoms with van der Waals surface area (Å²) in [7, 11) is 0.362. The van der Waals surface area contributed by atoms with E-state index in [4.69, 9.17) is 4.74 Å². The van der Waals surface area contributed by atoms with E-state index >= 15 is 0 Å². The molecule has 0 unspecified atom stereocenters. The van der Waals surface area contributed by atoms with E-state index in [9.17, 15) is 18.0 Å². The number of para-hydroxylation sites is 1. The predicted octanol–water partition coefficient (Wildman–Crippen LogP) is 3.86. The number of hydrogen-bond acceptors (Lipinski definition) is 5. The SMILES string of the molecule is CC[C@H](C)NC(=O)[C@@H](Cc1ccccc1)N(Cc1cccc(OC)c1)C(=O)CN(c1ccccc1)S(=O)(=O)N(C)C. The maximum atomic E-state index is 14.2. The minimum absolute atomic E-state index is 0.0755. The lowest BCUT2D eigenvalue weighted by Gasteiger charge is -2.35. The van der Waals surface area contributed by atoms with Crippen LogP contribution in [0.1, 0.15) is 31.4 Å². The van der Waals surface area contributed by atoms with Gasteiger partial charge in [-0.2, -0.15) is 12.7 Å². The highest BCUT2D eigenvalue weighted by atomic mass is 32.2. The lowest BCUT2D eigenvalue weighted by Crippen LogP contribution is -2.55. The number of rotatable bonds is 14. The lowest BCUT2D eigenvalue weighted by molar-refractivity contribution is -0.140. The van der Waals surface area contributed by atoms with E-state index in [-0.39, 0.29) is 24.9 Å². The molecular weight excluding hydrogens is 540 g/mol. The number of ether oxygens (including phenoxy) is 1. The van der Waals surface area contributed by atoms with Crippen LogP contribution in [0.2, 0.25) is 0 Å². The first-order chi connectivity index (χ1) is 19.6. The molecule has 0 aliphatic rings. The van der Waals surface area contributed by atoms with Crippen molar-refractivity contribution in [2.75, 3.05) is 32.1 Å². The third-order valence-electron chi connectivity index (χ3n) is 6.82. The first-order valence-corrected chi connectivity index (χ1v) is 15.0. The van der Waals surface area contributed by atoms with Gasteiger partial charge in [-0.25, -0.2) is 4.31 Å². The van der Waals surface area contributed by atoms with Crippen LogP contribution in [0.3, 0.4) is 0 Å². The molecule has 1 N–H and O–H groups in total. The molecule has 2 atom stereocenters. The number of nitrogens with one attached hydrogen (secondary N) is 1. The fraction of sp³-hybridized carbons (Fsp3) is 0.355. The van der Waals surface area contributed by atoms with Crippen LogP contribution >= 0.6 is 0 Å². The fourth-order valence-corrected chi connectivity index (χ4v) is 5.33. The van der Waals surface area contributed by atoms with Crippen LogP contribution in [-0.2, 0) is 32.8 Å². The molecule has 0 aliphatic carbocycles. The summed E-state index contributed by atoms with van der Waals surface area (Å²) in [4.78, 5) is 29.5. The van der Waals surface area contributed by atoms with Crippen LogP contribution in [-0.4, -0.2) is 69.3 Å². The quantitative estimate of drug-likeness (QED) is 0.312. The second-order valence-corrected chi connectivity index (χ2v) is 12.1. The summed E-state index contributed by atoms with van der Waals surface area (Å²) in [6, 6.07) is 24.2. The lowest BCUT2D eigenvalue weighted by atomic mass is 10.0. The smallest absolute Gasteiger partial charge is 0.304 e. The molecule has 0 spiro atoms. The van der Waals surface area contributed by atoms with Crippen molar-refractivity contribution >= 4 is 27.7 Å². The Morgan fingerprint density at radius 1 is 0.902 bits per heavy atom. The third-order valence-corrected chi connectivity index (χ3v) is 8.64. The Morgan fingerprint density at radius 3 is 2.10 bits per heavy atom. The molecule has 2 amide bonds. The van der Waals surface area contributed by atoms with Gasteiger partial charge in [-0.05, 0) is 48.7 Å². The van der Waals surface area contributed by atoms with Gasteiger partial charge in [-0.15, -0.1) is 0 Å². The molecule has 0 aromatic heterocycles. The minimum Gasteiger partial charge on any atom is -0.497 e. The summed E-state index contributed by atoms with van der Waals surface area (Å²) in [5.74, 6) is -0.205. The first-order valence-electron chi connectivity index (χ1n) is 13.6. The van der Waals surface area contributed by atoms with Crippen molar-refractivity contribution in [3.63, 3.8) is 0 Å². The zero-order chi connectivity index (χ0) is 30.0. The summed E-state index contributed by atoms with van der Waals surface area (Å²) in [6.45, 7) is 3.47. The van der Waals surface area contributed by atoms with E-state index in [1.165, 1.54) is 19.0 Å². The Bertz CT molecular complexity index is 1380. The number of amides is 2. The van der Waals surface area contributed by atoms with Crippen LogP contribution < -0.4 is 14.4 Å². The van der Waals surface area contributed by atoms with E-state index in [1.807, 2.05) is 56.3 Å². The number of anilines is 1. The topological polar surface area (TPSA) is 99.3 Å². The van der Waals surface area contributed by atoms with Gasteiger partial charge in [0.2, 0.25) is 11.8 Å². The highest BCUT2D eigenvalue weighted by molar-refractivity contribution is 7.90. The molecule has 3 aromatic carbocycles. The Balaban J connectivity index is 2.10. The van der Waals surface area contributed by atoms with Gasteiger partial charge in [0.05, 0.1) is 12.8 Å². The van der Waals surface area contributed by atoms with Crippen molar-refractivity contribution in [3.05, 3.63) is 96.1 Å². The molecule has 0 saturated heterocycles. The normalized spacial score (nSPS) is 12.8. The van der Waals surface area contributed by atoms with Crippen molar-refractivity contribution in [1.82, 2.24) is 14.5 Å². The molecule has 3 rings (SSSR count). The van der Waals surface area contributed by atoms with E-state index < -0.39 is 28.7 Å². The fourth-order valence-electron chi connectivity index (χ4n) is 4.27. The van der Waals surface area contributed by atoms with Gasteiger partial charge in [0.25, 0.3) is 0 Å². The Kier molecular flexibility index (Phi) is 11.3.